The summed E-state index contributed by atoms with van der Waals surface area (Å²) in [5.41, 5.74) is 0.435. The van der Waals surface area contributed by atoms with Crippen LogP contribution in [0.15, 0.2) is 23.4 Å². The van der Waals surface area contributed by atoms with Gasteiger partial charge in [0.05, 0.1) is 5.39 Å². The van der Waals surface area contributed by atoms with E-state index >= 15 is 0 Å². The Morgan fingerprint density at radius 2 is 2.21 bits per heavy atom. The first kappa shape index (κ1) is 12.9. The second kappa shape index (κ2) is 5.10. The third-order valence-corrected chi connectivity index (χ3v) is 5.99. The van der Waals surface area contributed by atoms with Gasteiger partial charge in [-0.1, -0.05) is 0 Å². The zero-order chi connectivity index (χ0) is 13.3. The molecule has 0 radical (unpaired) electrons. The molecule has 3 rings (SSSR count). The number of nitrogens with one attached hydrogen (secondary N) is 1. The summed E-state index contributed by atoms with van der Waals surface area (Å²) in [6.45, 7) is 1.11. The molecule has 0 aromatic carbocycles. The SMILES string of the molecule is O=S(=O)(c1[nH]nc2ncccc12)N1CCCSCC1. The number of H-pyrrole nitrogens is 1. The zero-order valence-corrected chi connectivity index (χ0v) is 11.9. The van der Waals surface area contributed by atoms with Gasteiger partial charge in [0, 0.05) is 25.0 Å². The Kier molecular flexibility index (Phi) is 3.46. The number of pyridine rings is 1. The molecule has 19 heavy (non-hydrogen) atoms. The van der Waals surface area contributed by atoms with E-state index in [2.05, 4.69) is 15.2 Å². The van der Waals surface area contributed by atoms with Crippen molar-refractivity contribution in [1.82, 2.24) is 19.5 Å². The normalized spacial score (nSPS) is 18.5. The molecule has 6 nitrogen and oxygen atoms in total. The molecule has 1 aliphatic heterocycles. The van der Waals surface area contributed by atoms with Crippen LogP contribution < -0.4 is 0 Å². The van der Waals surface area contributed by atoms with E-state index in [-0.39, 0.29) is 5.03 Å². The molecule has 8 heteroatoms. The molecular formula is C11H14N4O2S2. The summed E-state index contributed by atoms with van der Waals surface area (Å²) in [4.78, 5) is 4.05. The molecule has 0 amide bonds. The van der Waals surface area contributed by atoms with E-state index in [4.69, 9.17) is 0 Å². The van der Waals surface area contributed by atoms with Crippen molar-refractivity contribution in [1.29, 1.82) is 0 Å². The Morgan fingerprint density at radius 3 is 3.11 bits per heavy atom. The van der Waals surface area contributed by atoms with Gasteiger partial charge < -0.3 is 0 Å². The highest BCUT2D eigenvalue weighted by Crippen LogP contribution is 2.23. The number of thioether (sulfide) groups is 1. The second-order valence-electron chi connectivity index (χ2n) is 4.30. The van der Waals surface area contributed by atoms with Crippen LogP contribution in [0.25, 0.3) is 11.0 Å². The molecule has 102 valence electrons. The van der Waals surface area contributed by atoms with Crippen LogP contribution >= 0.6 is 11.8 Å². The minimum Gasteiger partial charge on any atom is -0.263 e. The smallest absolute Gasteiger partial charge is 0.260 e. The number of hydrogen-bond donors (Lipinski definition) is 1. The molecule has 0 atom stereocenters. The fourth-order valence-electron chi connectivity index (χ4n) is 2.12. The lowest BCUT2D eigenvalue weighted by Gasteiger charge is -2.18. The third-order valence-electron chi connectivity index (χ3n) is 3.07. The lowest BCUT2D eigenvalue weighted by Crippen LogP contribution is -2.33. The van der Waals surface area contributed by atoms with Gasteiger partial charge in [-0.05, 0) is 24.3 Å². The van der Waals surface area contributed by atoms with Crippen LogP contribution in [-0.2, 0) is 10.0 Å². The maximum Gasteiger partial charge on any atom is 0.260 e. The number of sulfonamides is 1. The van der Waals surface area contributed by atoms with E-state index < -0.39 is 10.0 Å². The number of rotatable bonds is 2. The van der Waals surface area contributed by atoms with Crippen molar-refractivity contribution in [3.05, 3.63) is 18.3 Å². The highest BCUT2D eigenvalue weighted by Gasteiger charge is 2.28. The fraction of sp³-hybridized carbons (Fsp3) is 0.455. The van der Waals surface area contributed by atoms with Gasteiger partial charge in [0.25, 0.3) is 10.0 Å². The summed E-state index contributed by atoms with van der Waals surface area (Å²) in [7, 11) is -3.51. The van der Waals surface area contributed by atoms with Gasteiger partial charge in [0.15, 0.2) is 10.7 Å². The highest BCUT2D eigenvalue weighted by atomic mass is 32.2. The molecule has 0 saturated carbocycles. The molecule has 0 unspecified atom stereocenters. The van der Waals surface area contributed by atoms with Crippen molar-refractivity contribution in [3.8, 4) is 0 Å². The van der Waals surface area contributed by atoms with Gasteiger partial charge in [-0.15, -0.1) is 0 Å². The van der Waals surface area contributed by atoms with Crippen molar-refractivity contribution in [3.63, 3.8) is 0 Å². The molecule has 1 N–H and O–H groups in total. The van der Waals surface area contributed by atoms with Crippen LogP contribution in [0.5, 0.6) is 0 Å². The van der Waals surface area contributed by atoms with Crippen molar-refractivity contribution < 1.29 is 8.42 Å². The van der Waals surface area contributed by atoms with E-state index in [0.717, 1.165) is 17.9 Å². The molecule has 2 aromatic rings. The Morgan fingerprint density at radius 1 is 1.32 bits per heavy atom. The molecule has 0 aliphatic carbocycles. The highest BCUT2D eigenvalue weighted by molar-refractivity contribution is 7.99. The fourth-order valence-corrected chi connectivity index (χ4v) is 4.68. The van der Waals surface area contributed by atoms with Crippen LogP contribution in [0.3, 0.4) is 0 Å². The van der Waals surface area contributed by atoms with Gasteiger partial charge in [-0.2, -0.15) is 21.2 Å². The first-order valence-corrected chi connectivity index (χ1v) is 8.66. The maximum absolute atomic E-state index is 12.6. The largest absolute Gasteiger partial charge is 0.263 e. The third kappa shape index (κ3) is 2.35. The molecule has 0 spiro atoms. The summed E-state index contributed by atoms with van der Waals surface area (Å²) in [5, 5.41) is 7.29. The topological polar surface area (TPSA) is 79.0 Å². The number of aromatic amines is 1. The van der Waals surface area contributed by atoms with Crippen molar-refractivity contribution in [2.75, 3.05) is 24.6 Å². The zero-order valence-electron chi connectivity index (χ0n) is 10.2. The van der Waals surface area contributed by atoms with Gasteiger partial charge in [0.2, 0.25) is 0 Å². The van der Waals surface area contributed by atoms with Crippen LogP contribution in [0, 0.1) is 0 Å². The number of nitrogens with zero attached hydrogens (tertiary/aromatic N) is 3. The summed E-state index contributed by atoms with van der Waals surface area (Å²) < 4.78 is 26.8. The van der Waals surface area contributed by atoms with E-state index in [1.165, 1.54) is 4.31 Å². The average molecular weight is 298 g/mol. The lowest BCUT2D eigenvalue weighted by molar-refractivity contribution is 0.433. The van der Waals surface area contributed by atoms with Crippen LogP contribution in [0.2, 0.25) is 0 Å². The summed E-state index contributed by atoms with van der Waals surface area (Å²) >= 11 is 1.79. The number of fused-ring (bicyclic) bond motifs is 1. The first-order chi connectivity index (χ1) is 9.19. The first-order valence-electron chi connectivity index (χ1n) is 6.06. The molecule has 1 fully saturated rings. The average Bonchev–Trinajstić information content (AvgIpc) is 2.65. The Labute approximate surface area is 115 Å². The van der Waals surface area contributed by atoms with Gasteiger partial charge in [-0.25, -0.2) is 13.4 Å². The molecule has 0 bridgehead atoms. The predicted molar refractivity (Wildman–Crippen MR) is 74.6 cm³/mol. The Balaban J connectivity index is 2.03. The van der Waals surface area contributed by atoms with Gasteiger partial charge in [-0.3, -0.25) is 5.10 Å². The van der Waals surface area contributed by atoms with E-state index in [1.807, 2.05) is 0 Å². The van der Waals surface area contributed by atoms with Crippen molar-refractivity contribution in [2.24, 2.45) is 0 Å². The van der Waals surface area contributed by atoms with Crippen LogP contribution in [-0.4, -0.2) is 52.5 Å². The molecule has 1 saturated heterocycles. The summed E-state index contributed by atoms with van der Waals surface area (Å²) in [5.74, 6) is 1.85. The Bertz CT molecular complexity index is 675. The second-order valence-corrected chi connectivity index (χ2v) is 7.40. The van der Waals surface area contributed by atoms with Crippen LogP contribution in [0.4, 0.5) is 0 Å². The van der Waals surface area contributed by atoms with Crippen molar-refractivity contribution in [2.45, 2.75) is 11.4 Å². The summed E-state index contributed by atoms with van der Waals surface area (Å²) in [6.07, 6.45) is 2.48. The number of aromatic nitrogens is 3. The van der Waals surface area contributed by atoms with E-state index in [0.29, 0.717) is 24.1 Å². The van der Waals surface area contributed by atoms with Crippen LogP contribution in [0.1, 0.15) is 6.42 Å². The summed E-state index contributed by atoms with van der Waals surface area (Å²) in [6, 6.07) is 3.44. The monoisotopic (exact) mass is 298 g/mol. The maximum atomic E-state index is 12.6. The lowest BCUT2D eigenvalue weighted by atomic mass is 10.4. The molecular weight excluding hydrogens is 284 g/mol. The standard InChI is InChI=1S/C11H14N4O2S2/c16-19(17,15-5-2-7-18-8-6-15)11-9-3-1-4-12-10(9)13-14-11/h1,3-4H,2,5-8H2,(H,12,13,14). The molecule has 1 aliphatic rings. The van der Waals surface area contributed by atoms with Crippen molar-refractivity contribution >= 4 is 32.8 Å². The minimum absolute atomic E-state index is 0.155. The van der Waals surface area contributed by atoms with E-state index in [9.17, 15) is 8.42 Å². The van der Waals surface area contributed by atoms with Gasteiger partial charge >= 0.3 is 0 Å². The van der Waals surface area contributed by atoms with E-state index in [1.54, 1.807) is 30.1 Å². The number of hydrogen-bond acceptors (Lipinski definition) is 5. The molecule has 3 heterocycles. The predicted octanol–water partition coefficient (Wildman–Crippen LogP) is 1.09. The quantitative estimate of drug-likeness (QED) is 0.897. The Hall–Kier alpha value is -1.12. The minimum atomic E-state index is -3.51. The molecule has 2 aromatic heterocycles. The van der Waals surface area contributed by atoms with Gasteiger partial charge in [0.1, 0.15) is 0 Å².